The minimum Gasteiger partial charge on any atom is -0.493 e. The first kappa shape index (κ1) is 42.8. The van der Waals surface area contributed by atoms with Gasteiger partial charge >= 0.3 is 5.97 Å². The molecule has 0 heterocycles. The van der Waals surface area contributed by atoms with Crippen LogP contribution in [0.4, 0.5) is 0 Å². The molecule has 0 radical (unpaired) electrons. The van der Waals surface area contributed by atoms with E-state index in [1.54, 1.807) is 48.5 Å². The maximum absolute atomic E-state index is 10.6. The lowest BCUT2D eigenvalue weighted by Gasteiger charge is -2.03. The van der Waals surface area contributed by atoms with Gasteiger partial charge in [-0.3, -0.25) is 9.59 Å². The number of nitriles is 2. The number of hydrogen-bond acceptors (Lipinski definition) is 6. The molecule has 35 heavy (non-hydrogen) atoms. The maximum atomic E-state index is 10.6. The van der Waals surface area contributed by atoms with Crippen molar-refractivity contribution in [2.75, 3.05) is 13.2 Å². The predicted molar refractivity (Wildman–Crippen MR) is 161 cm³/mol. The minimum absolute atomic E-state index is 0. The van der Waals surface area contributed by atoms with Crippen molar-refractivity contribution in [3.63, 3.8) is 0 Å². The van der Waals surface area contributed by atoms with Crippen molar-refractivity contribution >= 4 is 59.7 Å². The second-order valence-electron chi connectivity index (χ2n) is 5.57. The average Bonchev–Trinajstić information content (AvgIpc) is 2.82. The molecule has 2 aromatic rings. The number of ketones is 1. The number of halogens is 2. The molecule has 1 N–H and O–H groups in total. The summed E-state index contributed by atoms with van der Waals surface area (Å²) in [6.45, 7) is 10.1. The van der Waals surface area contributed by atoms with Crippen molar-refractivity contribution in [1.82, 2.24) is 0 Å². The number of carboxylic acids is 1. The Hall–Kier alpha value is -2.38. The van der Waals surface area contributed by atoms with E-state index in [0.29, 0.717) is 35.7 Å². The Morgan fingerprint density at radius 2 is 1.06 bits per heavy atom. The molecular formula is C26H38I2N2O5. The number of nitrogens with zero attached hydrogens (tertiary/aromatic N) is 2. The van der Waals surface area contributed by atoms with Gasteiger partial charge in [0, 0.05) is 6.42 Å². The molecule has 0 aromatic heterocycles. The molecule has 0 saturated carbocycles. The summed E-state index contributed by atoms with van der Waals surface area (Å²) < 4.78 is 10.4. The smallest absolute Gasteiger partial charge is 0.306 e. The number of benzene rings is 2. The monoisotopic (exact) mass is 712 g/mol. The molecule has 0 bridgehead atoms. The van der Waals surface area contributed by atoms with Gasteiger partial charge in [-0.05, 0) is 55.5 Å². The molecule has 0 spiro atoms. The standard InChI is InChI=1S/C11H11NO2.C10H9NO3.2C2H6.CH4.2HI/c1-9(13)6-7-14-11-4-2-10(8-12)3-5-11;11-7-8-1-3-9(4-2-8)14-6-5-10(12)13;2*1-2;;;/h2-5H,6-7H2,1H3;1-4H,5-6H2,(H,12,13);2*1-2H3;1H4;2*1H. The Morgan fingerprint density at radius 3 is 1.31 bits per heavy atom. The van der Waals surface area contributed by atoms with Gasteiger partial charge in [-0.2, -0.15) is 10.5 Å². The molecule has 9 heteroatoms. The van der Waals surface area contributed by atoms with E-state index in [2.05, 4.69) is 0 Å². The second kappa shape index (κ2) is 29.7. The van der Waals surface area contributed by atoms with E-state index in [1.165, 1.54) is 6.92 Å². The van der Waals surface area contributed by atoms with Gasteiger partial charge in [0.15, 0.2) is 0 Å². The highest BCUT2D eigenvalue weighted by atomic mass is 127. The van der Waals surface area contributed by atoms with Crippen LogP contribution in [-0.4, -0.2) is 30.1 Å². The summed E-state index contributed by atoms with van der Waals surface area (Å²) in [6.07, 6.45) is 0.389. The highest BCUT2D eigenvalue weighted by molar-refractivity contribution is 14.0. The van der Waals surface area contributed by atoms with Crippen LogP contribution < -0.4 is 9.47 Å². The molecule has 0 saturated heterocycles. The number of hydrogen-bond donors (Lipinski definition) is 1. The Morgan fingerprint density at radius 1 is 0.743 bits per heavy atom. The summed E-state index contributed by atoms with van der Waals surface area (Å²) in [4.78, 5) is 20.8. The second-order valence-corrected chi connectivity index (χ2v) is 5.57. The molecule has 2 aromatic carbocycles. The minimum atomic E-state index is -0.890. The third-order valence-corrected chi connectivity index (χ3v) is 3.27. The molecule has 0 aliphatic rings. The van der Waals surface area contributed by atoms with E-state index < -0.39 is 5.97 Å². The zero-order valence-corrected chi connectivity index (χ0v) is 24.9. The molecule has 0 atom stereocenters. The third-order valence-electron chi connectivity index (χ3n) is 3.27. The highest BCUT2D eigenvalue weighted by Crippen LogP contribution is 2.12. The van der Waals surface area contributed by atoms with Crippen molar-refractivity contribution in [2.24, 2.45) is 0 Å². The molecule has 196 valence electrons. The maximum Gasteiger partial charge on any atom is 0.306 e. The first-order valence-electron chi connectivity index (χ1n) is 10.4. The molecular weight excluding hydrogens is 674 g/mol. The van der Waals surface area contributed by atoms with Crippen LogP contribution in [0.1, 0.15) is 66.0 Å². The number of carbonyl (C=O) groups is 2. The number of rotatable bonds is 8. The van der Waals surface area contributed by atoms with Crippen LogP contribution in [0.15, 0.2) is 48.5 Å². The lowest BCUT2D eigenvalue weighted by molar-refractivity contribution is -0.137. The lowest BCUT2D eigenvalue weighted by Crippen LogP contribution is -2.04. The molecule has 2 rings (SSSR count). The van der Waals surface area contributed by atoms with Crippen LogP contribution >= 0.6 is 48.0 Å². The topological polar surface area (TPSA) is 120 Å². The van der Waals surface area contributed by atoms with Crippen LogP contribution in [0.5, 0.6) is 11.5 Å². The predicted octanol–water partition coefficient (Wildman–Crippen LogP) is 7.25. The summed E-state index contributed by atoms with van der Waals surface area (Å²) in [7, 11) is 0. The van der Waals surface area contributed by atoms with Gasteiger partial charge < -0.3 is 14.6 Å². The van der Waals surface area contributed by atoms with Crippen LogP contribution in [0.2, 0.25) is 0 Å². The summed E-state index contributed by atoms with van der Waals surface area (Å²) in [6, 6.07) is 17.3. The van der Waals surface area contributed by atoms with Gasteiger partial charge in [-0.25, -0.2) is 0 Å². The van der Waals surface area contributed by atoms with E-state index in [9.17, 15) is 9.59 Å². The van der Waals surface area contributed by atoms with E-state index >= 15 is 0 Å². The third kappa shape index (κ3) is 24.5. The molecule has 0 unspecified atom stereocenters. The van der Waals surface area contributed by atoms with Gasteiger partial charge in [0.1, 0.15) is 17.3 Å². The molecule has 0 fully saturated rings. The van der Waals surface area contributed by atoms with Gasteiger partial charge in [0.25, 0.3) is 0 Å². The Bertz CT molecular complexity index is 786. The number of ether oxygens (including phenoxy) is 2. The fourth-order valence-electron chi connectivity index (χ4n) is 1.82. The van der Waals surface area contributed by atoms with Gasteiger partial charge in [0.05, 0.1) is 42.9 Å². The zero-order chi connectivity index (χ0) is 24.8. The first-order chi connectivity index (χ1) is 15.4. The van der Waals surface area contributed by atoms with Crippen LogP contribution in [-0.2, 0) is 9.59 Å². The number of aliphatic carboxylic acids is 1. The van der Waals surface area contributed by atoms with Crippen LogP contribution in [0.25, 0.3) is 0 Å². The summed E-state index contributed by atoms with van der Waals surface area (Å²) >= 11 is 0. The SMILES string of the molecule is C.CC.CC.CC(=O)CCOc1ccc(C#N)cc1.I.I.N#Cc1ccc(OCCC(=O)O)cc1. The molecule has 0 amide bonds. The van der Waals surface area contributed by atoms with Crippen LogP contribution in [0, 0.1) is 22.7 Å². The van der Waals surface area contributed by atoms with Gasteiger partial charge in [0.2, 0.25) is 0 Å². The van der Waals surface area contributed by atoms with E-state index in [0.717, 1.165) is 0 Å². The Kier molecular flexibility index (Phi) is 36.2. The number of carboxylic acid groups (broad SMARTS) is 1. The Balaban J connectivity index is -0.000000139. The summed E-state index contributed by atoms with van der Waals surface area (Å²) in [5, 5.41) is 25.4. The molecule has 7 nitrogen and oxygen atoms in total. The normalized spacial score (nSPS) is 7.63. The summed E-state index contributed by atoms with van der Waals surface area (Å²) in [5.74, 6) is 0.479. The summed E-state index contributed by atoms with van der Waals surface area (Å²) in [5.41, 5.74) is 1.15. The first-order valence-corrected chi connectivity index (χ1v) is 10.4. The van der Waals surface area contributed by atoms with Crippen molar-refractivity contribution < 1.29 is 24.2 Å². The Labute approximate surface area is 244 Å². The van der Waals surface area contributed by atoms with Crippen molar-refractivity contribution in [3.8, 4) is 23.6 Å². The van der Waals surface area contributed by atoms with Gasteiger partial charge in [-0.1, -0.05) is 35.1 Å². The van der Waals surface area contributed by atoms with E-state index in [1.807, 2.05) is 39.8 Å². The largest absolute Gasteiger partial charge is 0.493 e. The van der Waals surface area contributed by atoms with Gasteiger partial charge in [-0.15, -0.1) is 48.0 Å². The number of Topliss-reactive ketones (excluding diaryl/α,β-unsaturated/α-hetero) is 1. The van der Waals surface area contributed by atoms with E-state index in [-0.39, 0.29) is 74.2 Å². The van der Waals surface area contributed by atoms with E-state index in [4.69, 9.17) is 25.1 Å². The van der Waals surface area contributed by atoms with Crippen molar-refractivity contribution in [2.45, 2.75) is 54.9 Å². The molecule has 0 aliphatic carbocycles. The fraction of sp³-hybridized carbons (Fsp3) is 0.385. The lowest BCUT2D eigenvalue weighted by atomic mass is 10.2. The van der Waals surface area contributed by atoms with Crippen molar-refractivity contribution in [3.05, 3.63) is 59.7 Å². The average molecular weight is 712 g/mol. The van der Waals surface area contributed by atoms with Crippen molar-refractivity contribution in [1.29, 1.82) is 10.5 Å². The fourth-order valence-corrected chi connectivity index (χ4v) is 1.82. The quantitative estimate of drug-likeness (QED) is 0.287. The zero-order valence-electron chi connectivity index (χ0n) is 20.2. The highest BCUT2D eigenvalue weighted by Gasteiger charge is 1.98. The molecule has 0 aliphatic heterocycles. The number of carbonyl (C=O) groups excluding carboxylic acids is 1. The van der Waals surface area contributed by atoms with Crippen LogP contribution in [0.3, 0.4) is 0 Å².